The summed E-state index contributed by atoms with van der Waals surface area (Å²) in [5.41, 5.74) is 21.7. The Balaban J connectivity index is 1.55. The van der Waals surface area contributed by atoms with Crippen LogP contribution in [0.2, 0.25) is 0 Å². The summed E-state index contributed by atoms with van der Waals surface area (Å²) in [5, 5.41) is 24.2. The molecule has 3 rings (SSSR count). The van der Waals surface area contributed by atoms with Crippen LogP contribution in [0.1, 0.15) is 102 Å². The van der Waals surface area contributed by atoms with E-state index in [0.29, 0.717) is 117 Å². The van der Waals surface area contributed by atoms with Crippen LogP contribution in [0, 0.1) is 0 Å². The van der Waals surface area contributed by atoms with Crippen LogP contribution in [0.15, 0.2) is 23.2 Å². The maximum Gasteiger partial charge on any atom is 0.513 e. The summed E-state index contributed by atoms with van der Waals surface area (Å²) in [7, 11) is 2.82. The van der Waals surface area contributed by atoms with Crippen LogP contribution in [0.4, 0.5) is 4.79 Å². The number of quaternary nitrogens is 4. The summed E-state index contributed by atoms with van der Waals surface area (Å²) in [6, 6.07) is -0.920. The van der Waals surface area contributed by atoms with Crippen LogP contribution in [-0.4, -0.2) is 149 Å². The number of hydrogen-bond donors (Lipinski definition) is 11. The van der Waals surface area contributed by atoms with E-state index in [0.717, 1.165) is 11.1 Å². The molecule has 1 aliphatic heterocycles. The largest absolute Gasteiger partial charge is 0.513 e. The van der Waals surface area contributed by atoms with Crippen molar-refractivity contribution in [2.24, 2.45) is 10.7 Å². The van der Waals surface area contributed by atoms with E-state index in [4.69, 9.17) is 15.2 Å². The Hall–Kier alpha value is -4.77. The average molecular weight is 1090 g/mol. The number of rotatable bonds is 37. The van der Waals surface area contributed by atoms with Crippen molar-refractivity contribution in [1.82, 2.24) is 31.6 Å². The predicted octanol–water partition coefficient (Wildman–Crippen LogP) is -1.50. The van der Waals surface area contributed by atoms with Gasteiger partial charge in [0.1, 0.15) is 46.0 Å². The van der Waals surface area contributed by atoms with Crippen molar-refractivity contribution >= 4 is 108 Å². The zero-order chi connectivity index (χ0) is 52.8. The van der Waals surface area contributed by atoms with Gasteiger partial charge in [0, 0.05) is 30.2 Å². The monoisotopic (exact) mass is 1090 g/mol. The number of primary amides is 1. The first-order chi connectivity index (χ1) is 34.6. The molecule has 2 heterocycles. The van der Waals surface area contributed by atoms with E-state index in [1.54, 1.807) is 18.2 Å². The highest BCUT2D eigenvalue weighted by atomic mass is 33.1. The fourth-order valence-corrected chi connectivity index (χ4v) is 11.5. The molecule has 0 unspecified atom stereocenters. The van der Waals surface area contributed by atoms with Crippen LogP contribution in [0.3, 0.4) is 0 Å². The summed E-state index contributed by atoms with van der Waals surface area (Å²) in [6.45, 7) is 3.89. The Morgan fingerprint density at radius 1 is 0.708 bits per heavy atom. The molecule has 6 amide bonds. The highest BCUT2D eigenvalue weighted by Crippen LogP contribution is 2.32. The molecule has 1 aromatic heterocycles. The minimum Gasteiger partial charge on any atom is -0.480 e. The number of nitrogens with two attached hydrogens (primary N) is 1. The lowest BCUT2D eigenvalue weighted by Crippen LogP contribution is -2.59. The molecule has 27 heteroatoms. The van der Waals surface area contributed by atoms with Crippen molar-refractivity contribution in [3.05, 3.63) is 23.2 Å². The zero-order valence-corrected chi connectivity index (χ0v) is 44.5. The lowest BCUT2D eigenvalue weighted by atomic mass is 10.0. The summed E-state index contributed by atoms with van der Waals surface area (Å²) >= 11 is 2.65. The second-order valence-electron chi connectivity index (χ2n) is 17.1. The molecule has 1 aliphatic rings. The second-order valence-corrected chi connectivity index (χ2v) is 21.7. The van der Waals surface area contributed by atoms with E-state index in [1.165, 1.54) is 51.6 Å². The third-order valence-corrected chi connectivity index (χ3v) is 15.8. The molecule has 6 atom stereocenters. The lowest BCUT2D eigenvalue weighted by molar-refractivity contribution is -0.369. The normalized spacial score (nSPS) is 15.3. The van der Waals surface area contributed by atoms with Gasteiger partial charge < -0.3 is 69.8 Å². The van der Waals surface area contributed by atoms with Crippen LogP contribution >= 0.6 is 44.7 Å². The molecular formula is C45H76N12O11S4+4. The summed E-state index contributed by atoms with van der Waals surface area (Å²) in [6.07, 6.45) is 6.46. The topological polar surface area (TPSA) is 397 Å². The van der Waals surface area contributed by atoms with Gasteiger partial charge >= 0.3 is 12.1 Å². The first-order valence-corrected chi connectivity index (χ1v) is 28.8. The van der Waals surface area contributed by atoms with E-state index in [9.17, 15) is 43.5 Å². The molecule has 0 bridgehead atoms. The Kier molecular flexibility index (Phi) is 29.6. The number of carbonyl (C=O) groups is 8. The smallest absolute Gasteiger partial charge is 0.480 e. The van der Waals surface area contributed by atoms with E-state index < -0.39 is 83.8 Å². The van der Waals surface area contributed by atoms with Gasteiger partial charge in [-0.05, 0) is 102 Å². The maximum atomic E-state index is 14.0. The number of hydrogen-bond acceptors (Lipinski definition) is 16. The molecule has 23 nitrogen and oxygen atoms in total. The number of ether oxygens (including phenoxy) is 2. The van der Waals surface area contributed by atoms with E-state index in [1.807, 2.05) is 0 Å². The Bertz CT molecular complexity index is 2120. The second kappa shape index (κ2) is 34.6. The molecular weight excluding hydrogens is 1010 g/mol. The van der Waals surface area contributed by atoms with Gasteiger partial charge in [-0.1, -0.05) is 21.6 Å². The Morgan fingerprint density at radius 3 is 1.71 bits per heavy atom. The predicted molar refractivity (Wildman–Crippen MR) is 277 cm³/mol. The van der Waals surface area contributed by atoms with Crippen molar-refractivity contribution in [2.75, 3.05) is 50.0 Å². The van der Waals surface area contributed by atoms with Gasteiger partial charge in [-0.25, -0.2) is 14.6 Å². The SMILES string of the molecule is CC(=O)N[C@@H](CSSCCCCOC(=O)Oc1ccc2nc(C3=N[C@@H](C(=O)O)CS3)sc2c1)C(=O)N[C@H](CCCC[NH3+])C(=O)N[C@H](CCCC[NH3+])C(=O)N[C@H](CCCC[NH3+])C(=O)N[C@H](CCCC[NH3+])C(N)=O. The first kappa shape index (κ1) is 61.5. The number of benzene rings is 1. The van der Waals surface area contributed by atoms with Gasteiger partial charge in [0.05, 0.1) is 43.0 Å². The number of nitrogens with one attached hydrogen (secondary N) is 5. The zero-order valence-electron chi connectivity index (χ0n) is 41.2. The number of carbonyl (C=O) groups excluding carboxylic acids is 7. The number of unbranched alkanes of at least 4 members (excludes halogenated alkanes) is 5. The molecule has 1 aromatic carbocycles. The molecule has 0 fully saturated rings. The minimum atomic E-state index is -1.07. The number of aliphatic carboxylic acids is 1. The number of fused-ring (bicyclic) bond motifs is 1. The molecule has 0 saturated carbocycles. The van der Waals surface area contributed by atoms with Crippen LogP contribution in [0.25, 0.3) is 10.2 Å². The van der Waals surface area contributed by atoms with Crippen LogP contribution in [-0.2, 0) is 38.3 Å². The van der Waals surface area contributed by atoms with Gasteiger partial charge in [0.15, 0.2) is 6.04 Å². The number of aromatic nitrogens is 1. The first-order valence-electron chi connectivity index (χ1n) is 24.5. The molecule has 72 heavy (non-hydrogen) atoms. The summed E-state index contributed by atoms with van der Waals surface area (Å²) in [5.74, 6) is -3.02. The molecule has 402 valence electrons. The van der Waals surface area contributed by atoms with Gasteiger partial charge in [-0.15, -0.1) is 23.1 Å². The molecule has 0 radical (unpaired) electrons. The van der Waals surface area contributed by atoms with Crippen molar-refractivity contribution in [3.63, 3.8) is 0 Å². The van der Waals surface area contributed by atoms with Crippen LogP contribution < -0.4 is 60.0 Å². The fraction of sp³-hybridized carbons (Fsp3) is 0.644. The number of carboxylic acid groups (broad SMARTS) is 1. The van der Waals surface area contributed by atoms with Crippen molar-refractivity contribution in [2.45, 2.75) is 133 Å². The van der Waals surface area contributed by atoms with E-state index >= 15 is 0 Å². The quantitative estimate of drug-likeness (QED) is 0.0159. The van der Waals surface area contributed by atoms with Gasteiger partial charge in [0.25, 0.3) is 0 Å². The standard InChI is InChI=1S/C45H72N12O11S4/c1-27(58)51-34(26-71-70-23-11-10-22-67-45(66)68-28-16-17-29-36(24-28)72-43(56-29)42-57-35(25-69-42)44(64)65)41(63)55-33(15-5-9-21-49)40(62)54-32(14-4-8-20-48)39(61)53-31(13-3-7-19-47)38(60)52-30(37(50)59)12-2-6-18-46/h16-17,24,30-35H,2-15,18-23,25-26,46-49H2,1H3,(H2,50,59)(H,51,58)(H,52,60)(H,53,61)(H,54,62)(H,55,63)(H,64,65)/p+4/t30-,31-,32-,33-,34+,35-/m1/s1. The minimum absolute atomic E-state index is 0.105. The highest BCUT2D eigenvalue weighted by Gasteiger charge is 2.32. The third kappa shape index (κ3) is 23.0. The summed E-state index contributed by atoms with van der Waals surface area (Å²) < 4.78 is 11.4. The lowest BCUT2D eigenvalue weighted by Gasteiger charge is -2.27. The molecule has 20 N–H and O–H groups in total. The highest BCUT2D eigenvalue weighted by molar-refractivity contribution is 8.76. The van der Waals surface area contributed by atoms with Crippen molar-refractivity contribution in [3.8, 4) is 5.75 Å². The molecule has 2 aromatic rings. The third-order valence-electron chi connectivity index (χ3n) is 11.1. The van der Waals surface area contributed by atoms with Gasteiger partial charge in [-0.2, -0.15) is 0 Å². The van der Waals surface area contributed by atoms with E-state index in [-0.39, 0.29) is 37.4 Å². The number of aliphatic imine (C=N–C) groups is 1. The number of thiazole rings is 1. The summed E-state index contributed by atoms with van der Waals surface area (Å²) in [4.78, 5) is 112. The van der Waals surface area contributed by atoms with Crippen LogP contribution in [0.5, 0.6) is 5.75 Å². The number of thioether (sulfide) groups is 1. The fourth-order valence-electron chi connectivity index (χ4n) is 7.11. The number of amides is 6. The Morgan fingerprint density at radius 2 is 1.22 bits per heavy atom. The molecule has 0 spiro atoms. The Labute approximate surface area is 435 Å². The van der Waals surface area contributed by atoms with Crippen molar-refractivity contribution in [1.29, 1.82) is 0 Å². The maximum absolute atomic E-state index is 14.0. The van der Waals surface area contributed by atoms with Gasteiger partial charge in [-0.3, -0.25) is 33.8 Å². The van der Waals surface area contributed by atoms with Crippen molar-refractivity contribution < 1.29 is 75.9 Å². The van der Waals surface area contributed by atoms with E-state index in [2.05, 4.69) is 59.5 Å². The number of nitrogens with zero attached hydrogens (tertiary/aromatic N) is 2. The average Bonchev–Trinajstić information content (AvgIpc) is 4.01. The van der Waals surface area contributed by atoms with Gasteiger partial charge in [0.2, 0.25) is 35.4 Å². The molecule has 0 saturated heterocycles. The number of carboxylic acids is 1. The molecule has 0 aliphatic carbocycles.